The lowest BCUT2D eigenvalue weighted by Gasteiger charge is -2.08. The van der Waals surface area contributed by atoms with Gasteiger partial charge in [0.1, 0.15) is 0 Å². The molecule has 3 aromatic rings. The molecule has 0 fully saturated rings. The molecule has 0 aliphatic carbocycles. The van der Waals surface area contributed by atoms with Gasteiger partial charge >= 0.3 is 0 Å². The van der Waals surface area contributed by atoms with Crippen LogP contribution in [0.15, 0.2) is 59.5 Å². The molecule has 0 saturated carbocycles. The molecule has 0 bridgehead atoms. The zero-order valence-corrected chi connectivity index (χ0v) is 11.4. The van der Waals surface area contributed by atoms with Crippen molar-refractivity contribution in [3.8, 4) is 16.9 Å². The summed E-state index contributed by atoms with van der Waals surface area (Å²) in [5.74, 6) is 0. The fraction of sp³-hybridized carbons (Fsp3) is 0.125. The second-order valence-corrected chi connectivity index (χ2v) is 4.76. The normalized spacial score (nSPS) is 10.7. The number of para-hydroxylation sites is 1. The molecule has 100 valence electrons. The highest BCUT2D eigenvalue weighted by Crippen LogP contribution is 2.19. The van der Waals surface area contributed by atoms with Gasteiger partial charge in [0.15, 0.2) is 0 Å². The Labute approximate surface area is 116 Å². The Kier molecular flexibility index (Phi) is 2.99. The van der Waals surface area contributed by atoms with Crippen LogP contribution < -0.4 is 5.56 Å². The van der Waals surface area contributed by atoms with Crippen molar-refractivity contribution in [2.45, 2.75) is 6.92 Å². The molecular weight excluding hydrogens is 250 g/mol. The lowest BCUT2D eigenvalue weighted by molar-refractivity contribution is 0.763. The molecule has 1 aromatic carbocycles. The van der Waals surface area contributed by atoms with Crippen molar-refractivity contribution in [2.24, 2.45) is 7.05 Å². The average molecular weight is 265 g/mol. The highest BCUT2D eigenvalue weighted by Gasteiger charge is 2.07. The van der Waals surface area contributed by atoms with Crippen LogP contribution in [0.1, 0.15) is 5.69 Å². The van der Waals surface area contributed by atoms with E-state index in [0.29, 0.717) is 0 Å². The minimum absolute atomic E-state index is 0.0427. The number of hydrogen-bond acceptors (Lipinski definition) is 2. The number of aryl methyl sites for hydroxylation is 2. The van der Waals surface area contributed by atoms with Crippen molar-refractivity contribution in [3.63, 3.8) is 0 Å². The first-order valence-electron chi connectivity index (χ1n) is 6.44. The molecule has 0 radical (unpaired) electrons. The molecule has 3 rings (SSSR count). The molecular formula is C16H15N3O. The third kappa shape index (κ3) is 2.16. The maximum atomic E-state index is 12.0. The van der Waals surface area contributed by atoms with E-state index < -0.39 is 0 Å². The largest absolute Gasteiger partial charge is 0.284 e. The van der Waals surface area contributed by atoms with Gasteiger partial charge in [0, 0.05) is 30.6 Å². The molecule has 2 heterocycles. The fourth-order valence-electron chi connectivity index (χ4n) is 2.31. The third-order valence-corrected chi connectivity index (χ3v) is 3.24. The predicted molar refractivity (Wildman–Crippen MR) is 79.0 cm³/mol. The minimum Gasteiger partial charge on any atom is -0.284 e. The van der Waals surface area contributed by atoms with Crippen molar-refractivity contribution in [1.82, 2.24) is 14.3 Å². The first-order valence-corrected chi connectivity index (χ1v) is 6.44. The van der Waals surface area contributed by atoms with Gasteiger partial charge in [-0.15, -0.1) is 0 Å². The van der Waals surface area contributed by atoms with E-state index in [1.165, 1.54) is 0 Å². The summed E-state index contributed by atoms with van der Waals surface area (Å²) >= 11 is 0. The molecule has 0 saturated heterocycles. The van der Waals surface area contributed by atoms with Crippen molar-refractivity contribution < 1.29 is 0 Å². The van der Waals surface area contributed by atoms with E-state index in [4.69, 9.17) is 0 Å². The van der Waals surface area contributed by atoms with Gasteiger partial charge in [-0.1, -0.05) is 18.2 Å². The van der Waals surface area contributed by atoms with Crippen molar-refractivity contribution >= 4 is 0 Å². The van der Waals surface area contributed by atoms with E-state index in [0.717, 1.165) is 22.6 Å². The predicted octanol–water partition coefficient (Wildman–Crippen LogP) is 2.55. The van der Waals surface area contributed by atoms with Gasteiger partial charge in [-0.05, 0) is 31.2 Å². The summed E-state index contributed by atoms with van der Waals surface area (Å²) in [6, 6.07) is 15.0. The summed E-state index contributed by atoms with van der Waals surface area (Å²) < 4.78 is 3.47. The first kappa shape index (κ1) is 12.4. The summed E-state index contributed by atoms with van der Waals surface area (Å²) in [5.41, 5.74) is 3.74. The molecule has 4 heteroatoms. The third-order valence-electron chi connectivity index (χ3n) is 3.24. The standard InChI is InChI=1S/C16H15N3O/c1-12-10-15(18(2)17-12)13-8-9-16(20)19(11-13)14-6-4-3-5-7-14/h3-11H,1-2H3. The average Bonchev–Trinajstić information content (AvgIpc) is 2.79. The Hall–Kier alpha value is -2.62. The highest BCUT2D eigenvalue weighted by atomic mass is 16.1. The van der Waals surface area contributed by atoms with E-state index in [1.54, 1.807) is 10.6 Å². The Morgan fingerprint density at radius 1 is 1.05 bits per heavy atom. The number of aromatic nitrogens is 3. The quantitative estimate of drug-likeness (QED) is 0.714. The molecule has 0 aliphatic heterocycles. The summed E-state index contributed by atoms with van der Waals surface area (Å²) in [5, 5.41) is 4.34. The molecule has 2 aromatic heterocycles. The van der Waals surface area contributed by atoms with Gasteiger partial charge in [-0.25, -0.2) is 0 Å². The Morgan fingerprint density at radius 3 is 2.45 bits per heavy atom. The first-order chi connectivity index (χ1) is 9.65. The van der Waals surface area contributed by atoms with Gasteiger partial charge in [-0.3, -0.25) is 14.0 Å². The molecule has 4 nitrogen and oxygen atoms in total. The number of nitrogens with zero attached hydrogens (tertiary/aromatic N) is 3. The van der Waals surface area contributed by atoms with Gasteiger partial charge in [-0.2, -0.15) is 5.10 Å². The van der Waals surface area contributed by atoms with Gasteiger partial charge in [0.2, 0.25) is 0 Å². The Bertz CT molecular complexity index is 800. The lowest BCUT2D eigenvalue weighted by atomic mass is 10.2. The molecule has 0 N–H and O–H groups in total. The van der Waals surface area contributed by atoms with Crippen molar-refractivity contribution in [1.29, 1.82) is 0 Å². The number of benzene rings is 1. The Morgan fingerprint density at radius 2 is 1.80 bits per heavy atom. The van der Waals surface area contributed by atoms with Gasteiger partial charge in [0.05, 0.1) is 11.4 Å². The zero-order valence-electron chi connectivity index (χ0n) is 11.4. The van der Waals surface area contributed by atoms with Crippen LogP contribution in [-0.4, -0.2) is 14.3 Å². The van der Waals surface area contributed by atoms with Crippen LogP contribution >= 0.6 is 0 Å². The summed E-state index contributed by atoms with van der Waals surface area (Å²) in [7, 11) is 1.90. The molecule has 0 aliphatic rings. The van der Waals surface area contributed by atoms with E-state index in [9.17, 15) is 4.79 Å². The summed E-state index contributed by atoms with van der Waals surface area (Å²) in [6.07, 6.45) is 1.86. The van der Waals surface area contributed by atoms with E-state index >= 15 is 0 Å². The van der Waals surface area contributed by atoms with E-state index in [-0.39, 0.29) is 5.56 Å². The van der Waals surface area contributed by atoms with E-state index in [2.05, 4.69) is 5.10 Å². The SMILES string of the molecule is Cc1cc(-c2ccc(=O)n(-c3ccccc3)c2)n(C)n1. The fourth-order valence-corrected chi connectivity index (χ4v) is 2.31. The number of pyridine rings is 1. The maximum Gasteiger partial charge on any atom is 0.255 e. The highest BCUT2D eigenvalue weighted by molar-refractivity contribution is 5.59. The number of hydrogen-bond donors (Lipinski definition) is 0. The van der Waals surface area contributed by atoms with Crippen molar-refractivity contribution in [2.75, 3.05) is 0 Å². The van der Waals surface area contributed by atoms with Gasteiger partial charge in [0.25, 0.3) is 5.56 Å². The summed E-state index contributed by atoms with van der Waals surface area (Å²) in [6.45, 7) is 1.96. The van der Waals surface area contributed by atoms with E-state index in [1.807, 2.05) is 67.3 Å². The monoisotopic (exact) mass is 265 g/mol. The molecule has 20 heavy (non-hydrogen) atoms. The van der Waals surface area contributed by atoms with Crippen LogP contribution in [0.5, 0.6) is 0 Å². The minimum atomic E-state index is -0.0427. The molecule has 0 spiro atoms. The van der Waals surface area contributed by atoms with Crippen molar-refractivity contribution in [3.05, 3.63) is 70.8 Å². The lowest BCUT2D eigenvalue weighted by Crippen LogP contribution is -2.16. The van der Waals surface area contributed by atoms with Crippen LogP contribution in [0.25, 0.3) is 16.9 Å². The zero-order chi connectivity index (χ0) is 14.1. The van der Waals surface area contributed by atoms with Gasteiger partial charge < -0.3 is 0 Å². The molecule has 0 atom stereocenters. The number of rotatable bonds is 2. The second kappa shape index (κ2) is 4.81. The van der Waals surface area contributed by atoms with Crippen LogP contribution in [0.4, 0.5) is 0 Å². The van der Waals surface area contributed by atoms with Crippen LogP contribution in [0.2, 0.25) is 0 Å². The van der Waals surface area contributed by atoms with Crippen LogP contribution in [0.3, 0.4) is 0 Å². The van der Waals surface area contributed by atoms with Crippen LogP contribution in [0, 0.1) is 6.92 Å². The van der Waals surface area contributed by atoms with Crippen LogP contribution in [-0.2, 0) is 7.05 Å². The molecule has 0 amide bonds. The maximum absolute atomic E-state index is 12.0. The molecule has 0 unspecified atom stereocenters. The Balaban J connectivity index is 2.17. The summed E-state index contributed by atoms with van der Waals surface area (Å²) in [4.78, 5) is 12.0. The second-order valence-electron chi connectivity index (χ2n) is 4.76. The topological polar surface area (TPSA) is 39.8 Å². The smallest absolute Gasteiger partial charge is 0.255 e.